The second-order valence-electron chi connectivity index (χ2n) is 11.3. The summed E-state index contributed by atoms with van der Waals surface area (Å²) in [7, 11) is -4.38. The molecular formula is C37H64NO8P. The van der Waals surface area contributed by atoms with Gasteiger partial charge in [0.1, 0.15) is 6.61 Å². The lowest BCUT2D eigenvalue weighted by atomic mass is 10.1. The Labute approximate surface area is 285 Å². The van der Waals surface area contributed by atoms with Crippen LogP contribution in [0.15, 0.2) is 60.8 Å². The minimum absolute atomic E-state index is 0.0435. The standard InChI is InChI=1S/C37H64NO8P/c1-3-5-7-9-11-13-15-16-17-18-20-21-23-25-27-29-36(39)43-33-35(34-45-47(41,42)44-32-31-38)46-37(40)30-28-26-24-22-19-14-12-10-8-6-4-2/h5,7,10-13,16-17,20-21,35H,3-4,6,8-9,14-15,18-19,22-34,38H2,1-2H3,(H,41,42)/b7-5+,12-10+,13-11+,17-16+,21-20+/t35-/m1/s1. The van der Waals surface area contributed by atoms with Crippen LogP contribution in [0.4, 0.5) is 0 Å². The first-order valence-electron chi connectivity index (χ1n) is 17.8. The van der Waals surface area contributed by atoms with E-state index in [-0.39, 0.29) is 32.6 Å². The van der Waals surface area contributed by atoms with E-state index in [0.717, 1.165) is 77.0 Å². The highest BCUT2D eigenvalue weighted by molar-refractivity contribution is 7.47. The van der Waals surface area contributed by atoms with Crippen molar-refractivity contribution in [1.29, 1.82) is 0 Å². The molecule has 0 heterocycles. The fourth-order valence-corrected chi connectivity index (χ4v) is 5.02. The Morgan fingerprint density at radius 3 is 1.81 bits per heavy atom. The maximum absolute atomic E-state index is 12.5. The molecule has 0 amide bonds. The van der Waals surface area contributed by atoms with Crippen LogP contribution in [-0.2, 0) is 32.7 Å². The van der Waals surface area contributed by atoms with Crippen molar-refractivity contribution in [2.75, 3.05) is 26.4 Å². The number of hydrogen-bond donors (Lipinski definition) is 2. The van der Waals surface area contributed by atoms with Crippen molar-refractivity contribution in [3.63, 3.8) is 0 Å². The van der Waals surface area contributed by atoms with E-state index in [1.807, 2.05) is 0 Å². The molecule has 0 radical (unpaired) electrons. The third-order valence-electron chi connectivity index (χ3n) is 6.89. The van der Waals surface area contributed by atoms with Crippen LogP contribution >= 0.6 is 7.82 Å². The maximum atomic E-state index is 12.5. The molecule has 0 bridgehead atoms. The van der Waals surface area contributed by atoms with Gasteiger partial charge in [0.05, 0.1) is 13.2 Å². The Bertz CT molecular complexity index is 960. The number of carbonyl (C=O) groups excluding carboxylic acids is 2. The zero-order valence-electron chi connectivity index (χ0n) is 29.2. The van der Waals surface area contributed by atoms with Gasteiger partial charge in [-0.3, -0.25) is 18.6 Å². The quantitative estimate of drug-likeness (QED) is 0.0308. The average Bonchev–Trinajstić information content (AvgIpc) is 3.05. The van der Waals surface area contributed by atoms with Crippen LogP contribution in [0.5, 0.6) is 0 Å². The molecule has 0 aromatic carbocycles. The Morgan fingerprint density at radius 2 is 1.17 bits per heavy atom. The fraction of sp³-hybridized carbons (Fsp3) is 0.676. The number of phosphoric ester groups is 1. The number of hydrogen-bond acceptors (Lipinski definition) is 8. The molecular weight excluding hydrogens is 617 g/mol. The van der Waals surface area contributed by atoms with Crippen molar-refractivity contribution in [3.05, 3.63) is 60.8 Å². The summed E-state index contributed by atoms with van der Waals surface area (Å²) in [4.78, 5) is 34.6. The third-order valence-corrected chi connectivity index (χ3v) is 7.87. The number of esters is 2. The summed E-state index contributed by atoms with van der Waals surface area (Å²) in [6, 6.07) is 0. The molecule has 0 saturated carbocycles. The first-order valence-corrected chi connectivity index (χ1v) is 19.3. The highest BCUT2D eigenvalue weighted by atomic mass is 31.2. The van der Waals surface area contributed by atoms with Crippen molar-refractivity contribution in [3.8, 4) is 0 Å². The highest BCUT2D eigenvalue weighted by Crippen LogP contribution is 2.43. The molecule has 270 valence electrons. The third kappa shape index (κ3) is 33.4. The van der Waals surface area contributed by atoms with E-state index in [1.165, 1.54) is 12.8 Å². The van der Waals surface area contributed by atoms with Gasteiger partial charge in [-0.25, -0.2) is 4.57 Å². The van der Waals surface area contributed by atoms with Gasteiger partial charge < -0.3 is 20.1 Å². The topological polar surface area (TPSA) is 134 Å². The summed E-state index contributed by atoms with van der Waals surface area (Å²) in [5, 5.41) is 0. The van der Waals surface area contributed by atoms with Gasteiger partial charge >= 0.3 is 19.8 Å². The van der Waals surface area contributed by atoms with Crippen molar-refractivity contribution in [2.24, 2.45) is 5.73 Å². The Hall–Kier alpha value is -2.29. The molecule has 0 aromatic heterocycles. The second-order valence-corrected chi connectivity index (χ2v) is 12.8. The van der Waals surface area contributed by atoms with Gasteiger partial charge in [0.15, 0.2) is 6.10 Å². The summed E-state index contributed by atoms with van der Waals surface area (Å²) < 4.78 is 32.5. The van der Waals surface area contributed by atoms with E-state index in [1.54, 1.807) is 0 Å². The molecule has 0 aliphatic rings. The lowest BCUT2D eigenvalue weighted by molar-refractivity contribution is -0.161. The molecule has 2 atom stereocenters. The molecule has 47 heavy (non-hydrogen) atoms. The van der Waals surface area contributed by atoms with Crippen molar-refractivity contribution in [2.45, 2.75) is 136 Å². The lowest BCUT2D eigenvalue weighted by Gasteiger charge is -2.19. The Balaban J connectivity index is 4.36. The number of allylic oxidation sites excluding steroid dienone is 10. The van der Waals surface area contributed by atoms with Crippen molar-refractivity contribution in [1.82, 2.24) is 0 Å². The number of nitrogens with two attached hydrogens (primary N) is 1. The van der Waals surface area contributed by atoms with Crippen LogP contribution < -0.4 is 5.73 Å². The number of rotatable bonds is 32. The van der Waals surface area contributed by atoms with Gasteiger partial charge in [0, 0.05) is 19.4 Å². The molecule has 0 saturated heterocycles. The van der Waals surface area contributed by atoms with E-state index in [0.29, 0.717) is 12.8 Å². The van der Waals surface area contributed by atoms with E-state index >= 15 is 0 Å². The van der Waals surface area contributed by atoms with Gasteiger partial charge in [0.25, 0.3) is 0 Å². The number of ether oxygens (including phenoxy) is 2. The summed E-state index contributed by atoms with van der Waals surface area (Å²) in [5.74, 6) is -0.898. The molecule has 0 rings (SSSR count). The molecule has 0 spiro atoms. The molecule has 9 nitrogen and oxygen atoms in total. The predicted molar refractivity (Wildman–Crippen MR) is 192 cm³/mol. The highest BCUT2D eigenvalue weighted by Gasteiger charge is 2.25. The first-order chi connectivity index (χ1) is 22.8. The molecule has 0 aliphatic heterocycles. The summed E-state index contributed by atoms with van der Waals surface area (Å²) in [6.07, 6.45) is 36.9. The zero-order chi connectivity index (χ0) is 34.7. The average molecular weight is 682 g/mol. The van der Waals surface area contributed by atoms with Gasteiger partial charge in [0.2, 0.25) is 0 Å². The molecule has 0 fully saturated rings. The van der Waals surface area contributed by atoms with Crippen molar-refractivity contribution >= 4 is 19.8 Å². The maximum Gasteiger partial charge on any atom is 0.472 e. The van der Waals surface area contributed by atoms with Crippen LogP contribution in [0.3, 0.4) is 0 Å². The van der Waals surface area contributed by atoms with Crippen LogP contribution in [0.2, 0.25) is 0 Å². The molecule has 1 unspecified atom stereocenters. The number of phosphoric acid groups is 1. The van der Waals surface area contributed by atoms with Gasteiger partial charge in [-0.1, -0.05) is 107 Å². The van der Waals surface area contributed by atoms with Crippen LogP contribution in [0.25, 0.3) is 0 Å². The van der Waals surface area contributed by atoms with Crippen LogP contribution in [0.1, 0.15) is 129 Å². The van der Waals surface area contributed by atoms with Crippen molar-refractivity contribution < 1.29 is 37.6 Å². The summed E-state index contributed by atoms with van der Waals surface area (Å²) >= 11 is 0. The van der Waals surface area contributed by atoms with Gasteiger partial charge in [-0.05, 0) is 70.6 Å². The summed E-state index contributed by atoms with van der Waals surface area (Å²) in [6.45, 7) is 3.48. The van der Waals surface area contributed by atoms with E-state index < -0.39 is 32.5 Å². The minimum Gasteiger partial charge on any atom is -0.462 e. The molecule has 0 aromatic rings. The van der Waals surface area contributed by atoms with E-state index in [2.05, 4.69) is 74.6 Å². The van der Waals surface area contributed by atoms with Gasteiger partial charge in [-0.15, -0.1) is 0 Å². The normalized spacial score (nSPS) is 14.2. The van der Waals surface area contributed by atoms with Crippen LogP contribution in [0, 0.1) is 0 Å². The first kappa shape index (κ1) is 44.7. The van der Waals surface area contributed by atoms with Crippen LogP contribution in [-0.4, -0.2) is 49.3 Å². The second kappa shape index (κ2) is 33.6. The monoisotopic (exact) mass is 681 g/mol. The fourth-order valence-electron chi connectivity index (χ4n) is 4.25. The Morgan fingerprint density at radius 1 is 0.660 bits per heavy atom. The van der Waals surface area contributed by atoms with E-state index in [4.69, 9.17) is 24.3 Å². The van der Waals surface area contributed by atoms with Gasteiger partial charge in [-0.2, -0.15) is 0 Å². The minimum atomic E-state index is -4.38. The van der Waals surface area contributed by atoms with E-state index in [9.17, 15) is 19.0 Å². The largest absolute Gasteiger partial charge is 0.472 e. The number of carbonyl (C=O) groups is 2. The molecule has 10 heteroatoms. The SMILES string of the molecule is CC/C=C/C/C=C/C/C=C/C/C=C/CCCCC(=O)OC[C@H](COP(=O)(O)OCCN)OC(=O)CCCCCCC/C=C/CCCC. The number of unbranched alkanes of at least 4 members (excludes halogenated alkanes) is 9. The zero-order valence-corrected chi connectivity index (χ0v) is 30.1. The molecule has 3 N–H and O–H groups in total. The predicted octanol–water partition coefficient (Wildman–Crippen LogP) is 9.38. The molecule has 0 aliphatic carbocycles. The smallest absolute Gasteiger partial charge is 0.462 e. The lowest BCUT2D eigenvalue weighted by Crippen LogP contribution is -2.29. The Kier molecular flexibility index (Phi) is 32.0. The summed E-state index contributed by atoms with van der Waals surface area (Å²) in [5.41, 5.74) is 5.32.